The van der Waals surface area contributed by atoms with Gasteiger partial charge in [0.2, 0.25) is 0 Å². The van der Waals surface area contributed by atoms with Crippen LogP contribution >= 0.6 is 0 Å². The Balaban J connectivity index is 5.02. The first-order valence-corrected chi connectivity index (χ1v) is 12.0. The van der Waals surface area contributed by atoms with Gasteiger partial charge in [-0.1, -0.05) is 0 Å². The zero-order chi connectivity index (χ0) is 14.1. The third kappa shape index (κ3) is 5.41. The minimum atomic E-state index is -3.45. The molecule has 0 aromatic carbocycles. The summed E-state index contributed by atoms with van der Waals surface area (Å²) in [4.78, 5) is 0. The molecule has 0 heterocycles. The van der Waals surface area contributed by atoms with E-state index in [0.717, 1.165) is 37.4 Å². The van der Waals surface area contributed by atoms with Crippen molar-refractivity contribution in [3.8, 4) is 0 Å². The third-order valence-corrected chi connectivity index (χ3v) is 13.7. The fraction of sp³-hybridized carbons (Fsp3) is 1.00. The molecule has 0 aromatic heterocycles. The molecular formula is C12H30O4SiTi. The van der Waals surface area contributed by atoms with Gasteiger partial charge in [0, 0.05) is 0 Å². The molecule has 0 rings (SSSR count). The Bertz CT molecular complexity index is 187. The molecule has 0 aliphatic heterocycles. The van der Waals surface area contributed by atoms with Gasteiger partial charge in [-0.25, -0.2) is 0 Å². The van der Waals surface area contributed by atoms with E-state index in [1.165, 1.54) is 0 Å². The van der Waals surface area contributed by atoms with E-state index in [2.05, 4.69) is 20.8 Å². The third-order valence-electron chi connectivity index (χ3n) is 3.21. The Hall–Kier alpha value is 0.771. The maximum atomic E-state index is 6.45. The second-order valence-electron chi connectivity index (χ2n) is 4.65. The Morgan fingerprint density at radius 1 is 0.722 bits per heavy atom. The molecular weight excluding hydrogens is 284 g/mol. The molecule has 0 amide bonds. The Morgan fingerprint density at radius 2 is 1.06 bits per heavy atom. The molecule has 0 unspecified atom stereocenters. The predicted octanol–water partition coefficient (Wildman–Crippen LogP) is 3.93. The molecule has 110 valence electrons. The van der Waals surface area contributed by atoms with Gasteiger partial charge in [0.15, 0.2) is 0 Å². The summed E-state index contributed by atoms with van der Waals surface area (Å²) in [6, 6.07) is 3.49. The van der Waals surface area contributed by atoms with Gasteiger partial charge in [0.1, 0.15) is 0 Å². The predicted molar refractivity (Wildman–Crippen MR) is 73.2 cm³/mol. The van der Waals surface area contributed by atoms with Crippen LogP contribution < -0.4 is 0 Å². The first-order valence-electron chi connectivity index (χ1n) is 6.93. The maximum absolute atomic E-state index is 6.45. The molecule has 18 heavy (non-hydrogen) atoms. The van der Waals surface area contributed by atoms with Gasteiger partial charge >= 0.3 is 119 Å². The van der Waals surface area contributed by atoms with Gasteiger partial charge in [-0.05, 0) is 0 Å². The fourth-order valence-electron chi connectivity index (χ4n) is 2.54. The molecule has 0 radical (unpaired) electrons. The molecule has 0 aliphatic rings. The first-order chi connectivity index (χ1) is 8.57. The van der Waals surface area contributed by atoms with Crippen LogP contribution in [0.1, 0.15) is 40.0 Å². The van der Waals surface area contributed by atoms with Crippen molar-refractivity contribution < 1.29 is 31.1 Å². The van der Waals surface area contributed by atoms with Crippen LogP contribution in [0, 0.1) is 0 Å². The van der Waals surface area contributed by atoms with Crippen LogP contribution in [0.2, 0.25) is 18.1 Å². The van der Waals surface area contributed by atoms with E-state index in [0.29, 0.717) is 0 Å². The first kappa shape index (κ1) is 18.8. The average Bonchev–Trinajstić information content (AvgIpc) is 2.37. The van der Waals surface area contributed by atoms with Gasteiger partial charge in [0.05, 0.1) is 0 Å². The Morgan fingerprint density at radius 3 is 1.28 bits per heavy atom. The van der Waals surface area contributed by atoms with Crippen LogP contribution in [0.25, 0.3) is 0 Å². The molecule has 0 aromatic rings. The van der Waals surface area contributed by atoms with E-state index in [1.807, 2.05) is 0 Å². The zero-order valence-corrected chi connectivity index (χ0v) is 15.4. The molecule has 0 bridgehead atoms. The molecule has 0 N–H and O–H groups in total. The topological polar surface area (TPSA) is 36.9 Å². The van der Waals surface area contributed by atoms with Crippen LogP contribution in [0.15, 0.2) is 0 Å². The van der Waals surface area contributed by atoms with E-state index in [1.54, 1.807) is 21.3 Å². The van der Waals surface area contributed by atoms with Crippen molar-refractivity contribution in [2.45, 2.75) is 58.2 Å². The van der Waals surface area contributed by atoms with Crippen molar-refractivity contribution in [3.63, 3.8) is 0 Å². The number of hydrogen-bond acceptors (Lipinski definition) is 4. The van der Waals surface area contributed by atoms with Crippen LogP contribution in [-0.2, 0) is 31.1 Å². The summed E-state index contributed by atoms with van der Waals surface area (Å²) in [6.45, 7) is 6.66. The normalized spacial score (nSPS) is 13.0. The van der Waals surface area contributed by atoms with Crippen molar-refractivity contribution in [1.29, 1.82) is 0 Å². The van der Waals surface area contributed by atoms with Crippen molar-refractivity contribution >= 4 is 8.32 Å². The van der Waals surface area contributed by atoms with E-state index < -0.39 is 26.5 Å². The molecule has 0 aliphatic carbocycles. The molecule has 0 atom stereocenters. The van der Waals surface area contributed by atoms with Crippen LogP contribution in [-0.4, -0.2) is 29.6 Å². The summed E-state index contributed by atoms with van der Waals surface area (Å²) in [6.07, 6.45) is 3.46. The minimum absolute atomic E-state index is 1.15. The summed E-state index contributed by atoms with van der Waals surface area (Å²) in [7, 11) is 3.12. The molecule has 0 spiro atoms. The molecule has 0 saturated carbocycles. The second kappa shape index (κ2) is 9.64. The number of hydrogen-bond donors (Lipinski definition) is 0. The molecule has 0 fully saturated rings. The average molecular weight is 314 g/mol. The second-order valence-corrected chi connectivity index (χ2v) is 13.1. The Labute approximate surface area is 119 Å². The van der Waals surface area contributed by atoms with Crippen molar-refractivity contribution in [2.75, 3.05) is 21.3 Å². The summed E-state index contributed by atoms with van der Waals surface area (Å²) < 4.78 is 22.9. The van der Waals surface area contributed by atoms with Crippen molar-refractivity contribution in [1.82, 2.24) is 0 Å². The van der Waals surface area contributed by atoms with Crippen LogP contribution in [0.4, 0.5) is 0 Å². The zero-order valence-electron chi connectivity index (χ0n) is 12.9. The fourth-order valence-corrected chi connectivity index (χ4v) is 13.0. The Kier molecular flexibility index (Phi) is 10.1. The van der Waals surface area contributed by atoms with Crippen molar-refractivity contribution in [3.05, 3.63) is 0 Å². The summed E-state index contributed by atoms with van der Waals surface area (Å²) in [5.41, 5.74) is 0. The van der Waals surface area contributed by atoms with Crippen molar-refractivity contribution in [2.24, 2.45) is 0 Å². The van der Waals surface area contributed by atoms with Crippen LogP contribution in [0.3, 0.4) is 0 Å². The molecule has 6 heteroatoms. The van der Waals surface area contributed by atoms with Gasteiger partial charge in [-0.15, -0.1) is 0 Å². The van der Waals surface area contributed by atoms with E-state index in [-0.39, 0.29) is 0 Å². The SMILES string of the molecule is CCC[Si](CCC)(CCC)[O][Ti]([O]C)([O]C)[O]C. The summed E-state index contributed by atoms with van der Waals surface area (Å²) in [5, 5.41) is 0. The van der Waals surface area contributed by atoms with E-state index in [9.17, 15) is 0 Å². The summed E-state index contributed by atoms with van der Waals surface area (Å²) >= 11 is -3.45. The van der Waals surface area contributed by atoms with Gasteiger partial charge in [-0.3, -0.25) is 0 Å². The van der Waals surface area contributed by atoms with E-state index >= 15 is 0 Å². The quantitative estimate of drug-likeness (QED) is 0.541. The van der Waals surface area contributed by atoms with E-state index in [4.69, 9.17) is 13.0 Å². The molecule has 0 saturated heterocycles. The summed E-state index contributed by atoms with van der Waals surface area (Å²) in [5.74, 6) is 0. The number of rotatable bonds is 11. The standard InChI is InChI=1S/C9H21OSi.3CH3O.Ti/c1-4-7-11(10,8-5-2)9-6-3;3*1-2;/h4-9H2,1-3H3;3*1H3;/q4*-1;+4. The monoisotopic (exact) mass is 314 g/mol. The van der Waals surface area contributed by atoms with Gasteiger partial charge in [0.25, 0.3) is 0 Å². The van der Waals surface area contributed by atoms with Gasteiger partial charge in [-0.2, -0.15) is 0 Å². The molecule has 4 nitrogen and oxygen atoms in total. The van der Waals surface area contributed by atoms with Crippen LogP contribution in [0.5, 0.6) is 0 Å². The van der Waals surface area contributed by atoms with Gasteiger partial charge < -0.3 is 0 Å².